The minimum absolute atomic E-state index is 0.0128. The SMILES string of the molecule is C=C1NC(=O)CCC1N1Cc2cc(I)cc(C)c2C1=O. The second kappa shape index (κ2) is 4.87. The lowest BCUT2D eigenvalue weighted by Gasteiger charge is -2.32. The molecule has 1 aromatic rings. The molecule has 0 bridgehead atoms. The Labute approximate surface area is 131 Å². The predicted octanol–water partition coefficient (Wildman–Crippen LogP) is 2.35. The smallest absolute Gasteiger partial charge is 0.255 e. The summed E-state index contributed by atoms with van der Waals surface area (Å²) in [6.07, 6.45) is 1.10. The van der Waals surface area contributed by atoms with Crippen molar-refractivity contribution in [2.75, 3.05) is 0 Å². The standard InChI is InChI=1S/C15H15IN2O2/c1-8-5-11(16)6-10-7-18(15(20)14(8)10)12-3-4-13(19)17-9(12)2/h5-6,12H,2-4,7H2,1H3,(H,17,19). The Morgan fingerprint density at radius 1 is 1.40 bits per heavy atom. The van der Waals surface area contributed by atoms with Crippen molar-refractivity contribution in [1.29, 1.82) is 0 Å². The molecule has 1 fully saturated rings. The van der Waals surface area contributed by atoms with E-state index in [9.17, 15) is 9.59 Å². The van der Waals surface area contributed by atoms with Gasteiger partial charge < -0.3 is 10.2 Å². The third kappa shape index (κ3) is 2.13. The molecule has 5 heteroatoms. The molecule has 20 heavy (non-hydrogen) atoms. The van der Waals surface area contributed by atoms with Crippen molar-refractivity contribution in [3.63, 3.8) is 0 Å². The molecule has 0 aromatic heterocycles. The summed E-state index contributed by atoms with van der Waals surface area (Å²) in [7, 11) is 0. The first kappa shape index (κ1) is 13.6. The molecule has 2 aliphatic heterocycles. The summed E-state index contributed by atoms with van der Waals surface area (Å²) in [4.78, 5) is 25.8. The second-order valence-electron chi connectivity index (χ2n) is 5.32. The lowest BCUT2D eigenvalue weighted by molar-refractivity contribution is -0.121. The van der Waals surface area contributed by atoms with Crippen LogP contribution in [-0.4, -0.2) is 22.8 Å². The van der Waals surface area contributed by atoms with E-state index in [0.29, 0.717) is 25.1 Å². The molecular weight excluding hydrogens is 367 g/mol. The van der Waals surface area contributed by atoms with E-state index in [2.05, 4.69) is 40.6 Å². The zero-order valence-corrected chi connectivity index (χ0v) is 13.4. The van der Waals surface area contributed by atoms with Gasteiger partial charge in [-0.05, 0) is 59.2 Å². The lowest BCUT2D eigenvalue weighted by atomic mass is 10.0. The van der Waals surface area contributed by atoms with Crippen molar-refractivity contribution < 1.29 is 9.59 Å². The quantitative estimate of drug-likeness (QED) is 0.759. The number of rotatable bonds is 1. The van der Waals surface area contributed by atoms with E-state index in [1.807, 2.05) is 17.9 Å². The van der Waals surface area contributed by atoms with Crippen LogP contribution in [0, 0.1) is 10.5 Å². The maximum absolute atomic E-state index is 12.6. The van der Waals surface area contributed by atoms with Gasteiger partial charge >= 0.3 is 0 Å². The highest BCUT2D eigenvalue weighted by Crippen LogP contribution is 2.32. The van der Waals surface area contributed by atoms with Gasteiger partial charge in [-0.25, -0.2) is 0 Å². The van der Waals surface area contributed by atoms with E-state index in [1.54, 1.807) is 0 Å². The van der Waals surface area contributed by atoms with Crippen LogP contribution < -0.4 is 5.32 Å². The molecule has 2 heterocycles. The first-order chi connectivity index (χ1) is 9.47. The van der Waals surface area contributed by atoms with Crippen molar-refractivity contribution in [2.24, 2.45) is 0 Å². The van der Waals surface area contributed by atoms with E-state index in [0.717, 1.165) is 20.3 Å². The summed E-state index contributed by atoms with van der Waals surface area (Å²) in [6, 6.07) is 3.99. The van der Waals surface area contributed by atoms with Crippen LogP contribution in [0.1, 0.15) is 34.3 Å². The van der Waals surface area contributed by atoms with Crippen molar-refractivity contribution in [3.05, 3.63) is 44.7 Å². The van der Waals surface area contributed by atoms with Crippen LogP contribution in [0.25, 0.3) is 0 Å². The number of fused-ring (bicyclic) bond motifs is 1. The Balaban J connectivity index is 1.92. The summed E-state index contributed by atoms with van der Waals surface area (Å²) in [6.45, 7) is 6.48. The van der Waals surface area contributed by atoms with Gasteiger partial charge in [0.05, 0.1) is 6.04 Å². The maximum atomic E-state index is 12.6. The van der Waals surface area contributed by atoms with Crippen LogP contribution in [-0.2, 0) is 11.3 Å². The molecule has 2 amide bonds. The summed E-state index contributed by atoms with van der Waals surface area (Å²) in [5, 5.41) is 2.75. The number of nitrogens with one attached hydrogen (secondary N) is 1. The number of hydrogen-bond donors (Lipinski definition) is 1. The van der Waals surface area contributed by atoms with Crippen molar-refractivity contribution in [2.45, 2.75) is 32.4 Å². The third-order valence-electron chi connectivity index (χ3n) is 3.92. The van der Waals surface area contributed by atoms with Crippen LogP contribution in [0.5, 0.6) is 0 Å². The summed E-state index contributed by atoms with van der Waals surface area (Å²) >= 11 is 2.27. The number of halogens is 1. The number of hydrogen-bond acceptors (Lipinski definition) is 2. The molecule has 1 atom stereocenters. The van der Waals surface area contributed by atoms with Crippen molar-refractivity contribution >= 4 is 34.4 Å². The van der Waals surface area contributed by atoms with Gasteiger partial charge in [0.2, 0.25) is 5.91 Å². The highest BCUT2D eigenvalue weighted by Gasteiger charge is 2.37. The Hall–Kier alpha value is -1.37. The number of nitrogens with zero attached hydrogens (tertiary/aromatic N) is 1. The van der Waals surface area contributed by atoms with Crippen LogP contribution in [0.15, 0.2) is 24.4 Å². The molecule has 104 valence electrons. The minimum Gasteiger partial charge on any atom is -0.328 e. The van der Waals surface area contributed by atoms with Gasteiger partial charge in [0.1, 0.15) is 0 Å². The average Bonchev–Trinajstić information content (AvgIpc) is 2.66. The van der Waals surface area contributed by atoms with Crippen LogP contribution in [0.4, 0.5) is 0 Å². The van der Waals surface area contributed by atoms with Gasteiger partial charge in [0.25, 0.3) is 5.91 Å². The zero-order valence-electron chi connectivity index (χ0n) is 11.2. The number of aryl methyl sites for hydroxylation is 1. The topological polar surface area (TPSA) is 49.4 Å². The Bertz CT molecular complexity index is 639. The van der Waals surface area contributed by atoms with Gasteiger partial charge in [-0.15, -0.1) is 0 Å². The summed E-state index contributed by atoms with van der Waals surface area (Å²) in [5.74, 6) is 0.0392. The average molecular weight is 382 g/mol. The highest BCUT2D eigenvalue weighted by molar-refractivity contribution is 14.1. The monoisotopic (exact) mass is 382 g/mol. The van der Waals surface area contributed by atoms with Crippen molar-refractivity contribution in [3.8, 4) is 0 Å². The van der Waals surface area contributed by atoms with Gasteiger partial charge in [0, 0.05) is 27.8 Å². The van der Waals surface area contributed by atoms with Crippen molar-refractivity contribution in [1.82, 2.24) is 10.2 Å². The number of amides is 2. The second-order valence-corrected chi connectivity index (χ2v) is 6.56. The fraction of sp³-hybridized carbons (Fsp3) is 0.333. The summed E-state index contributed by atoms with van der Waals surface area (Å²) in [5.41, 5.74) is 3.54. The molecule has 2 aliphatic rings. The van der Waals surface area contributed by atoms with Gasteiger partial charge in [0.15, 0.2) is 0 Å². The van der Waals surface area contributed by atoms with Gasteiger partial charge in [-0.2, -0.15) is 0 Å². The Kier molecular flexibility index (Phi) is 3.32. The maximum Gasteiger partial charge on any atom is 0.255 e. The largest absolute Gasteiger partial charge is 0.328 e. The van der Waals surface area contributed by atoms with Crippen LogP contribution >= 0.6 is 22.6 Å². The van der Waals surface area contributed by atoms with Gasteiger partial charge in [-0.1, -0.05) is 6.58 Å². The zero-order chi connectivity index (χ0) is 14.4. The highest BCUT2D eigenvalue weighted by atomic mass is 127. The minimum atomic E-state index is -0.0929. The van der Waals surface area contributed by atoms with E-state index in [-0.39, 0.29) is 17.9 Å². The predicted molar refractivity (Wildman–Crippen MR) is 84.1 cm³/mol. The molecule has 1 N–H and O–H groups in total. The molecule has 1 saturated heterocycles. The molecular formula is C15H15IN2O2. The van der Waals surface area contributed by atoms with Crippen LogP contribution in [0.3, 0.4) is 0 Å². The van der Waals surface area contributed by atoms with Gasteiger partial charge in [-0.3, -0.25) is 9.59 Å². The van der Waals surface area contributed by atoms with E-state index >= 15 is 0 Å². The Morgan fingerprint density at radius 2 is 2.15 bits per heavy atom. The van der Waals surface area contributed by atoms with E-state index in [4.69, 9.17) is 0 Å². The first-order valence-electron chi connectivity index (χ1n) is 6.56. The van der Waals surface area contributed by atoms with Crippen LogP contribution in [0.2, 0.25) is 0 Å². The number of carbonyl (C=O) groups excluding carboxylic acids is 2. The van der Waals surface area contributed by atoms with E-state index < -0.39 is 0 Å². The lowest BCUT2D eigenvalue weighted by Crippen LogP contribution is -2.46. The molecule has 0 aliphatic carbocycles. The Morgan fingerprint density at radius 3 is 2.85 bits per heavy atom. The third-order valence-corrected chi connectivity index (χ3v) is 4.54. The summed E-state index contributed by atoms with van der Waals surface area (Å²) < 4.78 is 1.14. The molecule has 1 unspecified atom stereocenters. The fourth-order valence-corrected chi connectivity index (χ4v) is 3.85. The molecule has 4 nitrogen and oxygen atoms in total. The molecule has 3 rings (SSSR count). The molecule has 0 radical (unpaired) electrons. The first-order valence-corrected chi connectivity index (χ1v) is 7.64. The number of piperidine rings is 1. The molecule has 1 aromatic carbocycles. The fourth-order valence-electron chi connectivity index (χ4n) is 3.00. The number of benzene rings is 1. The van der Waals surface area contributed by atoms with E-state index in [1.165, 1.54) is 0 Å². The normalized spacial score (nSPS) is 22.0. The molecule has 0 saturated carbocycles. The number of carbonyl (C=O) groups is 2. The molecule has 0 spiro atoms.